The number of aromatic nitrogens is 1. The first-order chi connectivity index (χ1) is 12.3. The van der Waals surface area contributed by atoms with E-state index >= 15 is 0 Å². The highest BCUT2D eigenvalue weighted by Crippen LogP contribution is 2.46. The van der Waals surface area contributed by atoms with Crippen molar-refractivity contribution in [3.05, 3.63) is 91.3 Å². The van der Waals surface area contributed by atoms with E-state index in [-0.39, 0.29) is 0 Å². The number of pyridine rings is 1. The molecule has 0 radical (unpaired) electrons. The second-order valence-corrected chi connectivity index (χ2v) is 6.29. The van der Waals surface area contributed by atoms with Crippen molar-refractivity contribution in [1.29, 1.82) is 0 Å². The van der Waals surface area contributed by atoms with Crippen LogP contribution in [-0.4, -0.2) is 5.21 Å². The standard InChI is InChI=1S/C23H16NO/c25-24-14-13-22-20-11-4-3-9-18(20)16-7-1-2-8-17(16)19-10-5-6-12-21(19)23(22)15-24/h1-15,25H/q+1. The van der Waals surface area contributed by atoms with Gasteiger partial charge in [0.25, 0.3) is 0 Å². The molecule has 1 N–H and O–H groups in total. The van der Waals surface area contributed by atoms with Crippen LogP contribution >= 0.6 is 0 Å². The van der Waals surface area contributed by atoms with E-state index in [0.717, 1.165) is 21.4 Å². The molecule has 1 aliphatic rings. The van der Waals surface area contributed by atoms with E-state index in [2.05, 4.69) is 66.7 Å². The topological polar surface area (TPSA) is 24.1 Å². The largest absolute Gasteiger partial charge is 0.285 e. The summed E-state index contributed by atoms with van der Waals surface area (Å²) in [7, 11) is 0. The molecule has 1 aliphatic carbocycles. The summed E-state index contributed by atoms with van der Waals surface area (Å²) in [6, 6.07) is 27.4. The number of rotatable bonds is 0. The molecule has 2 nitrogen and oxygen atoms in total. The Morgan fingerprint density at radius 3 is 1.16 bits per heavy atom. The fourth-order valence-electron chi connectivity index (χ4n) is 3.79. The van der Waals surface area contributed by atoms with Gasteiger partial charge < -0.3 is 0 Å². The van der Waals surface area contributed by atoms with E-state index < -0.39 is 0 Å². The molecule has 1 aromatic heterocycles. The molecule has 4 aromatic rings. The molecule has 2 heteroatoms. The molecule has 5 rings (SSSR count). The van der Waals surface area contributed by atoms with Crippen LogP contribution in [0.1, 0.15) is 0 Å². The van der Waals surface area contributed by atoms with Crippen LogP contribution in [0.4, 0.5) is 0 Å². The maximum Gasteiger partial charge on any atom is 0.230 e. The minimum atomic E-state index is 1.03. The van der Waals surface area contributed by atoms with E-state index in [1.54, 1.807) is 12.4 Å². The lowest BCUT2D eigenvalue weighted by atomic mass is 9.82. The lowest BCUT2D eigenvalue weighted by Gasteiger charge is -2.21. The van der Waals surface area contributed by atoms with Gasteiger partial charge in [-0.05, 0) is 33.4 Å². The summed E-state index contributed by atoms with van der Waals surface area (Å²) in [5, 5.41) is 10.0. The van der Waals surface area contributed by atoms with Crippen molar-refractivity contribution >= 4 is 0 Å². The van der Waals surface area contributed by atoms with E-state index in [0.29, 0.717) is 0 Å². The summed E-state index contributed by atoms with van der Waals surface area (Å²) < 4.78 is 1.13. The first kappa shape index (κ1) is 14.0. The molecule has 0 unspecified atom stereocenters. The van der Waals surface area contributed by atoms with Gasteiger partial charge in [-0.3, -0.25) is 5.21 Å². The molecule has 118 valence electrons. The summed E-state index contributed by atoms with van der Waals surface area (Å²) >= 11 is 0. The third-order valence-electron chi connectivity index (χ3n) is 4.89. The Morgan fingerprint density at radius 1 is 0.440 bits per heavy atom. The van der Waals surface area contributed by atoms with Gasteiger partial charge >= 0.3 is 0 Å². The highest BCUT2D eigenvalue weighted by atomic mass is 16.5. The molecule has 0 saturated heterocycles. The highest BCUT2D eigenvalue weighted by molar-refractivity contribution is 6.02. The summed E-state index contributed by atoms with van der Waals surface area (Å²) in [6.45, 7) is 0. The molecule has 3 aromatic carbocycles. The molecule has 0 atom stereocenters. The molecule has 1 heterocycles. The molecule has 0 aliphatic heterocycles. The summed E-state index contributed by atoms with van der Waals surface area (Å²) in [5.41, 5.74) is 9.30. The van der Waals surface area contributed by atoms with Crippen LogP contribution < -0.4 is 4.73 Å². The summed E-state index contributed by atoms with van der Waals surface area (Å²) in [4.78, 5) is 0. The van der Waals surface area contributed by atoms with Crippen molar-refractivity contribution in [1.82, 2.24) is 0 Å². The van der Waals surface area contributed by atoms with Gasteiger partial charge in [0, 0.05) is 16.4 Å². The molecular weight excluding hydrogens is 306 g/mol. The zero-order valence-electron chi connectivity index (χ0n) is 13.6. The van der Waals surface area contributed by atoms with Crippen LogP contribution in [0.2, 0.25) is 0 Å². The molecule has 0 fully saturated rings. The zero-order valence-corrected chi connectivity index (χ0v) is 13.6. The van der Waals surface area contributed by atoms with Gasteiger partial charge in [-0.25, -0.2) is 0 Å². The van der Waals surface area contributed by atoms with Crippen LogP contribution in [0.3, 0.4) is 0 Å². The molecule has 25 heavy (non-hydrogen) atoms. The predicted octanol–water partition coefficient (Wildman–Crippen LogP) is 5.19. The summed E-state index contributed by atoms with van der Waals surface area (Å²) in [6.07, 6.45) is 3.48. The van der Waals surface area contributed by atoms with Crippen molar-refractivity contribution in [2.75, 3.05) is 0 Å². The average molecular weight is 322 g/mol. The highest BCUT2D eigenvalue weighted by Gasteiger charge is 2.23. The summed E-state index contributed by atoms with van der Waals surface area (Å²) in [5.74, 6) is 0. The van der Waals surface area contributed by atoms with Gasteiger partial charge in [-0.1, -0.05) is 72.8 Å². The quantitative estimate of drug-likeness (QED) is 0.308. The van der Waals surface area contributed by atoms with Gasteiger partial charge in [0.05, 0.1) is 5.56 Å². The van der Waals surface area contributed by atoms with Crippen molar-refractivity contribution in [2.24, 2.45) is 0 Å². The van der Waals surface area contributed by atoms with Crippen LogP contribution in [0.5, 0.6) is 0 Å². The number of hydrogen-bond acceptors (Lipinski definition) is 1. The zero-order chi connectivity index (χ0) is 16.8. The minimum absolute atomic E-state index is 1.03. The minimum Gasteiger partial charge on any atom is -0.285 e. The maximum absolute atomic E-state index is 10.0. The maximum atomic E-state index is 10.0. The van der Waals surface area contributed by atoms with Crippen LogP contribution in [0.25, 0.3) is 44.5 Å². The average Bonchev–Trinajstić information content (AvgIpc) is 2.67. The number of nitrogens with zero attached hydrogens (tertiary/aromatic N) is 1. The normalized spacial score (nSPS) is 11.4. The Bertz CT molecular complexity index is 1110. The lowest BCUT2D eigenvalue weighted by molar-refractivity contribution is -0.904. The SMILES string of the molecule is O[n+]1ccc2c(c1)-c1ccccc1-c1ccccc1-c1ccccc1-2. The fourth-order valence-corrected chi connectivity index (χ4v) is 3.79. The van der Waals surface area contributed by atoms with E-state index in [9.17, 15) is 5.21 Å². The first-order valence-electron chi connectivity index (χ1n) is 8.36. The van der Waals surface area contributed by atoms with E-state index in [1.165, 1.54) is 27.8 Å². The Morgan fingerprint density at radius 2 is 0.760 bits per heavy atom. The Kier molecular flexibility index (Phi) is 2.98. The molecule has 0 saturated carbocycles. The Balaban J connectivity index is 2.01. The fraction of sp³-hybridized carbons (Fsp3) is 0. The second kappa shape index (κ2) is 5.32. The predicted molar refractivity (Wildman–Crippen MR) is 99.1 cm³/mol. The van der Waals surface area contributed by atoms with Crippen molar-refractivity contribution < 1.29 is 9.94 Å². The third kappa shape index (κ3) is 2.08. The first-order valence-corrected chi connectivity index (χ1v) is 8.36. The smallest absolute Gasteiger partial charge is 0.230 e. The van der Waals surface area contributed by atoms with Crippen molar-refractivity contribution in [3.63, 3.8) is 0 Å². The van der Waals surface area contributed by atoms with Crippen LogP contribution in [0, 0.1) is 0 Å². The van der Waals surface area contributed by atoms with Crippen LogP contribution in [-0.2, 0) is 0 Å². The van der Waals surface area contributed by atoms with E-state index in [4.69, 9.17) is 0 Å². The van der Waals surface area contributed by atoms with Gasteiger partial charge in [-0.2, -0.15) is 0 Å². The number of hydrogen-bond donors (Lipinski definition) is 1. The monoisotopic (exact) mass is 322 g/mol. The Hall–Kier alpha value is -3.39. The number of fused-ring (bicyclic) bond motifs is 8. The second-order valence-electron chi connectivity index (χ2n) is 6.29. The van der Waals surface area contributed by atoms with E-state index in [1.807, 2.05) is 12.1 Å². The Labute approximate surface area is 146 Å². The van der Waals surface area contributed by atoms with Crippen molar-refractivity contribution in [3.8, 4) is 44.5 Å². The van der Waals surface area contributed by atoms with Gasteiger partial charge in [-0.15, -0.1) is 0 Å². The lowest BCUT2D eigenvalue weighted by Crippen LogP contribution is -2.28. The molecule has 0 spiro atoms. The van der Waals surface area contributed by atoms with Gasteiger partial charge in [0.15, 0.2) is 0 Å². The van der Waals surface area contributed by atoms with Crippen molar-refractivity contribution in [2.45, 2.75) is 0 Å². The molecule has 0 amide bonds. The molecular formula is C23H16NO+. The third-order valence-corrected chi connectivity index (χ3v) is 4.89. The van der Waals surface area contributed by atoms with Gasteiger partial charge in [0.2, 0.25) is 12.4 Å². The van der Waals surface area contributed by atoms with Crippen LogP contribution in [0.15, 0.2) is 91.3 Å². The molecule has 0 bridgehead atoms. The number of benzene rings is 3. The van der Waals surface area contributed by atoms with Gasteiger partial charge in [0.1, 0.15) is 0 Å².